The fraction of sp³-hybridized carbons (Fsp3) is 0.400. The number of amides is 1. The summed E-state index contributed by atoms with van der Waals surface area (Å²) in [6.07, 6.45) is -3.17. The molecular formula is C20H19F3N4O3S2. The van der Waals surface area contributed by atoms with Gasteiger partial charge in [0, 0.05) is 11.9 Å². The highest BCUT2D eigenvalue weighted by atomic mass is 32.1. The molecule has 1 atom stereocenters. The third-order valence-corrected chi connectivity index (χ3v) is 7.14. The van der Waals surface area contributed by atoms with Crippen molar-refractivity contribution >= 4 is 55.0 Å². The number of aryl methyl sites for hydroxylation is 1. The molecule has 7 nitrogen and oxygen atoms in total. The van der Waals surface area contributed by atoms with Crippen molar-refractivity contribution < 1.29 is 27.5 Å². The first-order valence-corrected chi connectivity index (χ1v) is 11.4. The van der Waals surface area contributed by atoms with Gasteiger partial charge >= 0.3 is 12.1 Å². The molecule has 0 aliphatic heterocycles. The summed E-state index contributed by atoms with van der Waals surface area (Å²) in [5.41, 5.74) is -0.291. The quantitative estimate of drug-likeness (QED) is 0.521. The van der Waals surface area contributed by atoms with Crippen molar-refractivity contribution in [1.82, 2.24) is 9.97 Å². The fourth-order valence-corrected chi connectivity index (χ4v) is 5.53. The number of carbonyl (C=O) groups excluding carboxylic acids is 2. The number of benzene rings is 1. The zero-order chi connectivity index (χ0) is 23.0. The summed E-state index contributed by atoms with van der Waals surface area (Å²) in [6.45, 7) is 1.92. The predicted octanol–water partition coefficient (Wildman–Crippen LogP) is 4.44. The smallest absolute Gasteiger partial charge is 0.418 e. The maximum Gasteiger partial charge on any atom is 0.418 e. The molecule has 1 aromatic carbocycles. The average Bonchev–Trinajstić information content (AvgIpc) is 3.40. The minimum absolute atomic E-state index is 0.118. The SMILES string of the molecule is CCOC(=O)[C@H]1CCc2sc(NC(=O)CN(C)c3nc4c(C(F)(F)F)cccc4s3)nc21. The van der Waals surface area contributed by atoms with E-state index < -0.39 is 17.7 Å². The van der Waals surface area contributed by atoms with E-state index in [0.717, 1.165) is 22.3 Å². The maximum atomic E-state index is 13.2. The van der Waals surface area contributed by atoms with Crippen LogP contribution in [-0.4, -0.2) is 42.0 Å². The lowest BCUT2D eigenvalue weighted by molar-refractivity contribution is -0.145. The van der Waals surface area contributed by atoms with Crippen molar-refractivity contribution in [1.29, 1.82) is 0 Å². The van der Waals surface area contributed by atoms with Gasteiger partial charge in [0.05, 0.1) is 34.6 Å². The zero-order valence-electron chi connectivity index (χ0n) is 17.2. The van der Waals surface area contributed by atoms with Gasteiger partial charge in [0.2, 0.25) is 5.91 Å². The summed E-state index contributed by atoms with van der Waals surface area (Å²) >= 11 is 2.40. The summed E-state index contributed by atoms with van der Waals surface area (Å²) in [6, 6.07) is 3.89. The Balaban J connectivity index is 1.44. The number of thiazole rings is 2. The van der Waals surface area contributed by atoms with Gasteiger partial charge in [-0.15, -0.1) is 11.3 Å². The minimum Gasteiger partial charge on any atom is -0.465 e. The van der Waals surface area contributed by atoms with Crippen LogP contribution in [0.15, 0.2) is 18.2 Å². The van der Waals surface area contributed by atoms with Crippen LogP contribution in [0.25, 0.3) is 10.2 Å². The predicted molar refractivity (Wildman–Crippen MR) is 116 cm³/mol. The number of nitrogens with one attached hydrogen (secondary N) is 1. The average molecular weight is 485 g/mol. The molecular weight excluding hydrogens is 465 g/mol. The van der Waals surface area contributed by atoms with Crippen LogP contribution in [0, 0.1) is 0 Å². The van der Waals surface area contributed by atoms with Gasteiger partial charge in [-0.05, 0) is 31.9 Å². The molecule has 1 aliphatic carbocycles. The van der Waals surface area contributed by atoms with Crippen molar-refractivity contribution in [3.05, 3.63) is 34.3 Å². The molecule has 0 radical (unpaired) electrons. The van der Waals surface area contributed by atoms with Gasteiger partial charge in [-0.1, -0.05) is 17.4 Å². The number of halogens is 3. The van der Waals surface area contributed by atoms with Crippen molar-refractivity contribution in [2.24, 2.45) is 0 Å². The highest BCUT2D eigenvalue weighted by molar-refractivity contribution is 7.22. The first-order chi connectivity index (χ1) is 15.2. The number of esters is 1. The van der Waals surface area contributed by atoms with Gasteiger partial charge < -0.3 is 15.0 Å². The Morgan fingerprint density at radius 2 is 2.06 bits per heavy atom. The van der Waals surface area contributed by atoms with Crippen molar-refractivity contribution in [3.63, 3.8) is 0 Å². The lowest BCUT2D eigenvalue weighted by Crippen LogP contribution is -2.30. The highest BCUT2D eigenvalue weighted by Crippen LogP contribution is 2.40. The Hall–Kier alpha value is -2.73. The molecule has 0 unspecified atom stereocenters. The number of anilines is 2. The third kappa shape index (κ3) is 4.42. The van der Waals surface area contributed by atoms with Crippen LogP contribution in [-0.2, 0) is 26.9 Å². The van der Waals surface area contributed by atoms with Crippen LogP contribution < -0.4 is 10.2 Å². The summed E-state index contributed by atoms with van der Waals surface area (Å²) in [7, 11) is 1.59. The van der Waals surface area contributed by atoms with Crippen LogP contribution >= 0.6 is 22.7 Å². The third-order valence-electron chi connectivity index (χ3n) is 4.96. The molecule has 1 aliphatic rings. The molecule has 0 saturated heterocycles. The van der Waals surface area contributed by atoms with E-state index in [-0.39, 0.29) is 23.9 Å². The summed E-state index contributed by atoms with van der Waals surface area (Å²) in [5, 5.41) is 3.39. The minimum atomic E-state index is -4.51. The largest absolute Gasteiger partial charge is 0.465 e. The molecule has 2 aromatic heterocycles. The summed E-state index contributed by atoms with van der Waals surface area (Å²) < 4.78 is 45.1. The maximum absolute atomic E-state index is 13.2. The van der Waals surface area contributed by atoms with Gasteiger partial charge in [0.1, 0.15) is 5.92 Å². The van der Waals surface area contributed by atoms with E-state index in [1.165, 1.54) is 22.3 Å². The molecule has 0 fully saturated rings. The molecule has 0 bridgehead atoms. The molecule has 1 N–H and O–H groups in total. The Labute approximate surface area is 189 Å². The molecule has 4 rings (SSSR count). The highest BCUT2D eigenvalue weighted by Gasteiger charge is 2.35. The van der Waals surface area contributed by atoms with E-state index in [1.54, 1.807) is 20.0 Å². The van der Waals surface area contributed by atoms with Crippen LogP contribution in [0.1, 0.15) is 35.4 Å². The van der Waals surface area contributed by atoms with Crippen LogP contribution in [0.3, 0.4) is 0 Å². The number of rotatable bonds is 6. The molecule has 1 amide bonds. The molecule has 12 heteroatoms. The Morgan fingerprint density at radius 3 is 2.78 bits per heavy atom. The van der Waals surface area contributed by atoms with E-state index >= 15 is 0 Å². The number of nitrogens with zero attached hydrogens (tertiary/aromatic N) is 3. The van der Waals surface area contributed by atoms with Crippen LogP contribution in [0.5, 0.6) is 0 Å². The lowest BCUT2D eigenvalue weighted by Gasteiger charge is -2.14. The Bertz CT molecular complexity index is 1170. The van der Waals surface area contributed by atoms with Gasteiger partial charge in [-0.25, -0.2) is 9.97 Å². The number of likely N-dealkylation sites (N-methyl/N-ethyl adjacent to an activating group) is 1. The van der Waals surface area contributed by atoms with E-state index in [4.69, 9.17) is 4.74 Å². The Morgan fingerprint density at radius 1 is 1.28 bits per heavy atom. The number of para-hydroxylation sites is 1. The second kappa shape index (κ2) is 8.66. The number of aromatic nitrogens is 2. The standard InChI is InChI=1S/C20H19F3N4O3S2/c1-3-30-17(29)10-7-8-13-15(10)25-18(31-13)24-14(28)9-27(2)19-26-16-11(20(21,22)23)5-4-6-12(16)32-19/h4-6,10H,3,7-9H2,1-2H3,(H,24,25,28)/t10-/m0/s1. The van der Waals surface area contributed by atoms with Gasteiger partial charge in [-0.2, -0.15) is 13.2 Å². The van der Waals surface area contributed by atoms with Crippen molar-refractivity contribution in [2.75, 3.05) is 30.4 Å². The molecule has 170 valence electrons. The van der Waals surface area contributed by atoms with Crippen molar-refractivity contribution in [3.8, 4) is 0 Å². The van der Waals surface area contributed by atoms with Gasteiger partial charge in [0.25, 0.3) is 0 Å². The number of alkyl halides is 3. The first kappa shape index (κ1) is 22.5. The first-order valence-electron chi connectivity index (χ1n) is 9.81. The number of carbonyl (C=O) groups is 2. The van der Waals surface area contributed by atoms with Crippen LogP contribution in [0.4, 0.5) is 23.4 Å². The number of fused-ring (bicyclic) bond motifs is 2. The molecule has 0 saturated carbocycles. The van der Waals surface area contributed by atoms with Gasteiger partial charge in [-0.3, -0.25) is 9.59 Å². The van der Waals surface area contributed by atoms with Crippen molar-refractivity contribution in [2.45, 2.75) is 31.9 Å². The Kier molecular flexibility index (Phi) is 6.08. The number of hydrogen-bond acceptors (Lipinski definition) is 8. The van der Waals surface area contributed by atoms with Crippen LogP contribution in [0.2, 0.25) is 0 Å². The second-order valence-corrected chi connectivity index (χ2v) is 9.31. The topological polar surface area (TPSA) is 84.4 Å². The molecule has 0 spiro atoms. The van der Waals surface area contributed by atoms with E-state index in [9.17, 15) is 22.8 Å². The van der Waals surface area contributed by atoms with E-state index in [1.807, 2.05) is 0 Å². The van der Waals surface area contributed by atoms with Gasteiger partial charge in [0.15, 0.2) is 10.3 Å². The summed E-state index contributed by atoms with van der Waals surface area (Å²) in [5.74, 6) is -1.12. The normalized spacial score (nSPS) is 15.6. The number of hydrogen-bond donors (Lipinski definition) is 1. The molecule has 32 heavy (non-hydrogen) atoms. The fourth-order valence-electron chi connectivity index (χ4n) is 3.52. The zero-order valence-corrected chi connectivity index (χ0v) is 18.8. The summed E-state index contributed by atoms with van der Waals surface area (Å²) in [4.78, 5) is 35.5. The van der Waals surface area contributed by atoms with E-state index in [2.05, 4.69) is 15.3 Å². The molecule has 3 aromatic rings. The van der Waals surface area contributed by atoms with E-state index in [0.29, 0.717) is 40.1 Å². The molecule has 2 heterocycles. The number of ether oxygens (including phenoxy) is 1. The monoisotopic (exact) mass is 484 g/mol. The lowest BCUT2D eigenvalue weighted by atomic mass is 10.1. The second-order valence-electron chi connectivity index (χ2n) is 7.22.